The van der Waals surface area contributed by atoms with Gasteiger partial charge in [-0.3, -0.25) is 4.68 Å². The van der Waals surface area contributed by atoms with Crippen LogP contribution in [0, 0.1) is 12.8 Å². The highest BCUT2D eigenvalue weighted by molar-refractivity contribution is 5.93. The summed E-state index contributed by atoms with van der Waals surface area (Å²) in [5, 5.41) is 13.2. The van der Waals surface area contributed by atoms with Crippen LogP contribution in [0.5, 0.6) is 0 Å². The second-order valence-electron chi connectivity index (χ2n) is 8.24. The van der Waals surface area contributed by atoms with E-state index in [9.17, 15) is 0 Å². The molecule has 6 rings (SSSR count). The van der Waals surface area contributed by atoms with Gasteiger partial charge < -0.3 is 5.32 Å². The second kappa shape index (κ2) is 7.56. The van der Waals surface area contributed by atoms with E-state index in [1.807, 2.05) is 60.4 Å². The van der Waals surface area contributed by atoms with Crippen molar-refractivity contribution in [3.05, 3.63) is 73.2 Å². The third-order valence-corrected chi connectivity index (χ3v) is 5.69. The van der Waals surface area contributed by atoms with Crippen LogP contribution in [-0.2, 0) is 6.54 Å². The van der Waals surface area contributed by atoms with Crippen molar-refractivity contribution < 1.29 is 0 Å². The van der Waals surface area contributed by atoms with Crippen molar-refractivity contribution in [2.24, 2.45) is 5.92 Å². The van der Waals surface area contributed by atoms with Gasteiger partial charge in [-0.25, -0.2) is 19.6 Å². The molecule has 0 radical (unpaired) electrons. The summed E-state index contributed by atoms with van der Waals surface area (Å²) < 4.78 is 3.80. The van der Waals surface area contributed by atoms with Crippen LogP contribution in [0.1, 0.15) is 18.7 Å². The van der Waals surface area contributed by atoms with E-state index in [-0.39, 0.29) is 0 Å². The summed E-state index contributed by atoms with van der Waals surface area (Å²) >= 11 is 0. The van der Waals surface area contributed by atoms with E-state index < -0.39 is 0 Å². The molecule has 1 aliphatic carbocycles. The fourth-order valence-electron chi connectivity index (χ4n) is 3.81. The number of hydrogen-bond acceptors (Lipinski definition) is 6. The van der Waals surface area contributed by atoms with Gasteiger partial charge >= 0.3 is 0 Å². The lowest BCUT2D eigenvalue weighted by molar-refractivity contribution is 0.563. The monoisotopic (exact) mass is 422 g/mol. The molecule has 2 aromatic carbocycles. The Morgan fingerprint density at radius 3 is 2.69 bits per heavy atom. The van der Waals surface area contributed by atoms with Crippen LogP contribution < -0.4 is 5.32 Å². The number of aryl methyl sites for hydroxylation is 1. The van der Waals surface area contributed by atoms with Crippen molar-refractivity contribution >= 4 is 22.5 Å². The molecule has 3 aromatic heterocycles. The van der Waals surface area contributed by atoms with Crippen molar-refractivity contribution in [3.63, 3.8) is 0 Å². The van der Waals surface area contributed by atoms with E-state index in [4.69, 9.17) is 4.98 Å². The maximum Gasteiger partial charge on any atom is 0.227 e. The number of nitrogens with one attached hydrogen (secondary N) is 1. The van der Waals surface area contributed by atoms with Crippen molar-refractivity contribution in [1.82, 2.24) is 34.5 Å². The van der Waals surface area contributed by atoms with E-state index >= 15 is 0 Å². The van der Waals surface area contributed by atoms with Gasteiger partial charge in [-0.05, 0) is 49.9 Å². The van der Waals surface area contributed by atoms with Gasteiger partial charge in [0.2, 0.25) is 5.95 Å². The minimum absolute atomic E-state index is 0.555. The Kier molecular flexibility index (Phi) is 4.41. The van der Waals surface area contributed by atoms with Crippen molar-refractivity contribution in [2.45, 2.75) is 26.3 Å². The summed E-state index contributed by atoms with van der Waals surface area (Å²) in [6.07, 6.45) is 10.2. The molecule has 3 heterocycles. The average Bonchev–Trinajstić information content (AvgIpc) is 3.32. The highest BCUT2D eigenvalue weighted by Gasteiger charge is 2.22. The van der Waals surface area contributed by atoms with Crippen molar-refractivity contribution in [3.8, 4) is 16.8 Å². The first-order valence-electron chi connectivity index (χ1n) is 10.8. The molecule has 1 saturated carbocycles. The number of hydrogen-bond donors (Lipinski definition) is 1. The molecule has 32 heavy (non-hydrogen) atoms. The summed E-state index contributed by atoms with van der Waals surface area (Å²) in [7, 11) is 0. The predicted octanol–water partition coefficient (Wildman–Crippen LogP) is 4.54. The Bertz CT molecular complexity index is 1400. The number of benzene rings is 2. The Labute approximate surface area is 185 Å². The van der Waals surface area contributed by atoms with Gasteiger partial charge in [-0.15, -0.1) is 0 Å². The van der Waals surface area contributed by atoms with E-state index in [0.717, 1.165) is 51.7 Å². The standard InChI is InChI=1S/C24H22N8/c1-16-26-15-32(30-16)21-9-7-20(8-10-21)28-24-25-11-18-3-2-4-22(23(18)29-24)19-12-27-31(14-19)13-17-5-6-17/h2-4,7-12,14-15,17H,5-6,13H2,1H3,(H,25,28,29). The first-order chi connectivity index (χ1) is 15.7. The van der Waals surface area contributed by atoms with Crippen LogP contribution >= 0.6 is 0 Å². The minimum Gasteiger partial charge on any atom is -0.324 e. The van der Waals surface area contributed by atoms with E-state index in [0.29, 0.717) is 5.95 Å². The summed E-state index contributed by atoms with van der Waals surface area (Å²) in [5.74, 6) is 2.08. The Morgan fingerprint density at radius 1 is 1.03 bits per heavy atom. The Balaban J connectivity index is 1.28. The van der Waals surface area contributed by atoms with Crippen LogP contribution in [0.3, 0.4) is 0 Å². The Morgan fingerprint density at radius 2 is 1.91 bits per heavy atom. The lowest BCUT2D eigenvalue weighted by Gasteiger charge is -2.09. The number of para-hydroxylation sites is 1. The zero-order chi connectivity index (χ0) is 21.5. The molecule has 1 fully saturated rings. The maximum absolute atomic E-state index is 4.83. The zero-order valence-electron chi connectivity index (χ0n) is 17.7. The largest absolute Gasteiger partial charge is 0.324 e. The van der Waals surface area contributed by atoms with E-state index in [1.54, 1.807) is 11.0 Å². The molecule has 1 N–H and O–H groups in total. The van der Waals surface area contributed by atoms with Crippen molar-refractivity contribution in [1.29, 1.82) is 0 Å². The molecule has 158 valence electrons. The lowest BCUT2D eigenvalue weighted by Crippen LogP contribution is -1.99. The van der Waals surface area contributed by atoms with Gasteiger partial charge in [0, 0.05) is 41.1 Å². The zero-order valence-corrected chi connectivity index (χ0v) is 17.7. The third-order valence-electron chi connectivity index (χ3n) is 5.69. The number of fused-ring (bicyclic) bond motifs is 1. The fourth-order valence-corrected chi connectivity index (χ4v) is 3.81. The van der Waals surface area contributed by atoms with Gasteiger partial charge in [0.05, 0.1) is 17.4 Å². The topological polar surface area (TPSA) is 86.3 Å². The quantitative estimate of drug-likeness (QED) is 0.432. The first kappa shape index (κ1) is 18.7. The molecule has 8 heteroatoms. The summed E-state index contributed by atoms with van der Waals surface area (Å²) in [4.78, 5) is 13.5. The molecular formula is C24H22N8. The number of aromatic nitrogens is 7. The summed E-state index contributed by atoms with van der Waals surface area (Å²) in [6.45, 7) is 2.87. The molecule has 1 aliphatic rings. The third kappa shape index (κ3) is 3.71. The van der Waals surface area contributed by atoms with Gasteiger partial charge in [-0.1, -0.05) is 18.2 Å². The highest BCUT2D eigenvalue weighted by Crippen LogP contribution is 2.32. The van der Waals surface area contributed by atoms with Gasteiger partial charge in [-0.2, -0.15) is 10.2 Å². The van der Waals surface area contributed by atoms with Crippen LogP contribution in [0.4, 0.5) is 11.6 Å². The molecule has 0 bridgehead atoms. The molecule has 0 spiro atoms. The predicted molar refractivity (Wildman–Crippen MR) is 123 cm³/mol. The number of anilines is 2. The smallest absolute Gasteiger partial charge is 0.227 e. The SMILES string of the molecule is Cc1ncn(-c2ccc(Nc3ncc4cccc(-c5cnn(CC6CC6)c5)c4n3)cc2)n1. The molecule has 0 unspecified atom stereocenters. The number of nitrogens with zero attached hydrogens (tertiary/aromatic N) is 7. The maximum atomic E-state index is 4.83. The minimum atomic E-state index is 0.555. The lowest BCUT2D eigenvalue weighted by atomic mass is 10.1. The van der Waals surface area contributed by atoms with Gasteiger partial charge in [0.15, 0.2) is 0 Å². The van der Waals surface area contributed by atoms with Crippen molar-refractivity contribution in [2.75, 3.05) is 5.32 Å². The normalized spacial score (nSPS) is 13.5. The first-order valence-corrected chi connectivity index (χ1v) is 10.8. The summed E-state index contributed by atoms with van der Waals surface area (Å²) in [5.41, 5.74) is 4.90. The van der Waals surface area contributed by atoms with Crippen LogP contribution in [0.15, 0.2) is 67.4 Å². The van der Waals surface area contributed by atoms with E-state index in [2.05, 4.69) is 37.7 Å². The highest BCUT2D eigenvalue weighted by atomic mass is 15.3. The fraction of sp³-hybridized carbons (Fsp3) is 0.208. The average molecular weight is 422 g/mol. The molecule has 0 saturated heterocycles. The van der Waals surface area contributed by atoms with Gasteiger partial charge in [0.1, 0.15) is 12.2 Å². The van der Waals surface area contributed by atoms with E-state index in [1.165, 1.54) is 12.8 Å². The molecule has 0 aliphatic heterocycles. The molecule has 0 amide bonds. The van der Waals surface area contributed by atoms with Gasteiger partial charge in [0.25, 0.3) is 0 Å². The molecule has 8 nitrogen and oxygen atoms in total. The van der Waals surface area contributed by atoms with Crippen LogP contribution in [0.25, 0.3) is 27.7 Å². The molecular weight excluding hydrogens is 400 g/mol. The molecule has 0 atom stereocenters. The number of rotatable bonds is 6. The molecule has 5 aromatic rings. The van der Waals surface area contributed by atoms with Crippen LogP contribution in [-0.4, -0.2) is 34.5 Å². The van der Waals surface area contributed by atoms with Crippen LogP contribution in [0.2, 0.25) is 0 Å². The second-order valence-corrected chi connectivity index (χ2v) is 8.24. The summed E-state index contributed by atoms with van der Waals surface area (Å²) in [6, 6.07) is 14.1. The Hall–Kier alpha value is -4.07.